The smallest absolute Gasteiger partial charge is 0.270 e. The molecular formula is C18H16N2O6. The molecule has 8 heteroatoms. The van der Waals surface area contributed by atoms with E-state index < -0.39 is 4.92 Å². The van der Waals surface area contributed by atoms with Crippen LogP contribution in [0.2, 0.25) is 0 Å². The molecule has 1 heterocycles. The Hall–Kier alpha value is -3.31. The number of hydrogen-bond donors (Lipinski definition) is 0. The molecule has 26 heavy (non-hydrogen) atoms. The molecule has 0 atom stereocenters. The number of nitro groups is 1. The number of nitriles is 1. The molecule has 0 bridgehead atoms. The van der Waals surface area contributed by atoms with Gasteiger partial charge in [0.05, 0.1) is 29.8 Å². The monoisotopic (exact) mass is 356 g/mol. The van der Waals surface area contributed by atoms with Gasteiger partial charge in [-0.05, 0) is 19.1 Å². The second-order valence-electron chi connectivity index (χ2n) is 5.46. The lowest BCUT2D eigenvalue weighted by molar-refractivity contribution is -0.385. The highest BCUT2D eigenvalue weighted by molar-refractivity contribution is 5.51. The molecule has 8 nitrogen and oxygen atoms in total. The van der Waals surface area contributed by atoms with Crippen LogP contribution in [-0.4, -0.2) is 18.3 Å². The molecule has 0 aliphatic carbocycles. The molecule has 0 saturated heterocycles. The molecule has 1 aliphatic rings. The van der Waals surface area contributed by atoms with Crippen LogP contribution in [0.3, 0.4) is 0 Å². The van der Waals surface area contributed by atoms with Crippen LogP contribution in [-0.2, 0) is 18.0 Å². The summed E-state index contributed by atoms with van der Waals surface area (Å²) < 4.78 is 22.0. The van der Waals surface area contributed by atoms with Gasteiger partial charge in [-0.1, -0.05) is 0 Å². The van der Waals surface area contributed by atoms with Gasteiger partial charge in [0.2, 0.25) is 0 Å². The first kappa shape index (κ1) is 17.5. The van der Waals surface area contributed by atoms with Crippen molar-refractivity contribution in [2.45, 2.75) is 20.1 Å². The fourth-order valence-electron chi connectivity index (χ4n) is 2.61. The molecule has 0 saturated carbocycles. The maximum Gasteiger partial charge on any atom is 0.270 e. The summed E-state index contributed by atoms with van der Waals surface area (Å²) in [6.07, 6.45) is 0. The normalized spacial score (nSPS) is 12.5. The van der Waals surface area contributed by atoms with E-state index in [1.165, 1.54) is 12.1 Å². The molecule has 134 valence electrons. The first-order chi connectivity index (χ1) is 12.6. The van der Waals surface area contributed by atoms with Crippen LogP contribution in [0, 0.1) is 21.4 Å². The minimum absolute atomic E-state index is 0.0516. The largest absolute Gasteiger partial charge is 0.490 e. The van der Waals surface area contributed by atoms with Crippen LogP contribution in [0.15, 0.2) is 30.3 Å². The third-order valence-electron chi connectivity index (χ3n) is 3.74. The van der Waals surface area contributed by atoms with Gasteiger partial charge in [-0.15, -0.1) is 0 Å². The number of fused-ring (bicyclic) bond motifs is 1. The van der Waals surface area contributed by atoms with E-state index in [2.05, 4.69) is 0 Å². The lowest BCUT2D eigenvalue weighted by Crippen LogP contribution is -2.14. The van der Waals surface area contributed by atoms with Gasteiger partial charge in [-0.3, -0.25) is 10.1 Å². The van der Waals surface area contributed by atoms with Crippen molar-refractivity contribution in [1.82, 2.24) is 0 Å². The molecule has 0 aromatic heterocycles. The zero-order chi connectivity index (χ0) is 18.5. The van der Waals surface area contributed by atoms with Crippen molar-refractivity contribution in [3.63, 3.8) is 0 Å². The second kappa shape index (κ2) is 7.72. The highest BCUT2D eigenvalue weighted by atomic mass is 16.7. The molecule has 0 amide bonds. The predicted octanol–water partition coefficient (Wildman–Crippen LogP) is 3.31. The SMILES string of the molecule is CCOc1cc(C#N)ccc1OCc1cc([N+](=O)[O-])cc2c1OCOC2. The molecule has 1 aliphatic heterocycles. The first-order valence-electron chi connectivity index (χ1n) is 7.93. The van der Waals surface area contributed by atoms with E-state index in [0.717, 1.165) is 0 Å². The Morgan fingerprint density at radius 3 is 2.85 bits per heavy atom. The second-order valence-corrected chi connectivity index (χ2v) is 5.46. The van der Waals surface area contributed by atoms with Crippen LogP contribution in [0.25, 0.3) is 0 Å². The number of rotatable bonds is 6. The van der Waals surface area contributed by atoms with Crippen molar-refractivity contribution in [2.24, 2.45) is 0 Å². The summed E-state index contributed by atoms with van der Waals surface area (Å²) >= 11 is 0. The lowest BCUT2D eigenvalue weighted by Gasteiger charge is -2.21. The summed E-state index contributed by atoms with van der Waals surface area (Å²) in [7, 11) is 0. The Morgan fingerprint density at radius 2 is 2.12 bits per heavy atom. The number of non-ortho nitro benzene ring substituents is 1. The maximum absolute atomic E-state index is 11.2. The Kier molecular flexibility index (Phi) is 5.20. The van der Waals surface area contributed by atoms with Gasteiger partial charge in [-0.25, -0.2) is 0 Å². The number of nitro benzene ring substituents is 1. The minimum atomic E-state index is -0.467. The van der Waals surface area contributed by atoms with E-state index in [-0.39, 0.29) is 25.7 Å². The van der Waals surface area contributed by atoms with Gasteiger partial charge in [0.25, 0.3) is 5.69 Å². The van der Waals surface area contributed by atoms with Crippen molar-refractivity contribution in [2.75, 3.05) is 13.4 Å². The standard InChI is InChI=1S/C18H16N2O6/c1-2-24-17-5-12(8-19)3-4-16(17)25-10-14-7-15(20(21)22)6-13-9-23-11-26-18(13)14/h3-7H,2,9-11H2,1H3. The molecule has 0 unspecified atom stereocenters. The van der Waals surface area contributed by atoms with E-state index >= 15 is 0 Å². The summed E-state index contributed by atoms with van der Waals surface area (Å²) in [6.45, 7) is 2.62. The maximum atomic E-state index is 11.2. The molecule has 0 fully saturated rings. The summed E-state index contributed by atoms with van der Waals surface area (Å²) in [5.41, 5.74) is 1.55. The fourth-order valence-corrected chi connectivity index (χ4v) is 2.61. The van der Waals surface area contributed by atoms with E-state index in [4.69, 9.17) is 24.2 Å². The Labute approximate surface area is 149 Å². The molecular weight excluding hydrogens is 340 g/mol. The number of nitrogens with zero attached hydrogens (tertiary/aromatic N) is 2. The topological polar surface area (TPSA) is 104 Å². The summed E-state index contributed by atoms with van der Waals surface area (Å²) in [5.74, 6) is 1.42. The van der Waals surface area contributed by atoms with Gasteiger partial charge in [-0.2, -0.15) is 5.26 Å². The highest BCUT2D eigenvalue weighted by Crippen LogP contribution is 2.35. The van der Waals surface area contributed by atoms with E-state index in [9.17, 15) is 10.1 Å². The number of hydrogen-bond acceptors (Lipinski definition) is 7. The van der Waals surface area contributed by atoms with Crippen LogP contribution in [0.5, 0.6) is 17.2 Å². The van der Waals surface area contributed by atoms with Gasteiger partial charge < -0.3 is 18.9 Å². The quantitative estimate of drug-likeness (QED) is 0.577. The van der Waals surface area contributed by atoms with Crippen molar-refractivity contribution in [1.29, 1.82) is 5.26 Å². The summed E-state index contributed by atoms with van der Waals surface area (Å²) in [6, 6.07) is 9.75. The van der Waals surface area contributed by atoms with Gasteiger partial charge in [0.1, 0.15) is 12.4 Å². The van der Waals surface area contributed by atoms with Crippen LogP contribution in [0.1, 0.15) is 23.6 Å². The third kappa shape index (κ3) is 3.68. The van der Waals surface area contributed by atoms with Gasteiger partial charge in [0.15, 0.2) is 18.3 Å². The van der Waals surface area contributed by atoms with Gasteiger partial charge in [0, 0.05) is 29.3 Å². The lowest BCUT2D eigenvalue weighted by atomic mass is 10.1. The molecule has 3 rings (SSSR count). The van der Waals surface area contributed by atoms with E-state index in [0.29, 0.717) is 40.5 Å². The van der Waals surface area contributed by atoms with Crippen LogP contribution >= 0.6 is 0 Å². The van der Waals surface area contributed by atoms with Crippen molar-refractivity contribution in [3.8, 4) is 23.3 Å². The van der Waals surface area contributed by atoms with Crippen molar-refractivity contribution >= 4 is 5.69 Å². The zero-order valence-corrected chi connectivity index (χ0v) is 14.1. The Balaban J connectivity index is 1.89. The fraction of sp³-hybridized carbons (Fsp3) is 0.278. The van der Waals surface area contributed by atoms with Crippen LogP contribution < -0.4 is 14.2 Å². The van der Waals surface area contributed by atoms with Crippen molar-refractivity contribution < 1.29 is 23.9 Å². The Bertz CT molecular complexity index is 875. The first-order valence-corrected chi connectivity index (χ1v) is 7.93. The average Bonchev–Trinajstić information content (AvgIpc) is 2.66. The summed E-state index contributed by atoms with van der Waals surface area (Å²) in [4.78, 5) is 10.7. The highest BCUT2D eigenvalue weighted by Gasteiger charge is 2.21. The minimum Gasteiger partial charge on any atom is -0.490 e. The van der Waals surface area contributed by atoms with E-state index in [1.54, 1.807) is 18.2 Å². The molecule has 2 aromatic carbocycles. The molecule has 0 radical (unpaired) electrons. The Morgan fingerprint density at radius 1 is 1.27 bits per heavy atom. The van der Waals surface area contributed by atoms with Gasteiger partial charge >= 0.3 is 0 Å². The number of ether oxygens (including phenoxy) is 4. The molecule has 0 N–H and O–H groups in total. The summed E-state index contributed by atoms with van der Waals surface area (Å²) in [5, 5.41) is 20.2. The average molecular weight is 356 g/mol. The number of benzene rings is 2. The zero-order valence-electron chi connectivity index (χ0n) is 14.1. The molecule has 0 spiro atoms. The predicted molar refractivity (Wildman–Crippen MR) is 90.0 cm³/mol. The van der Waals surface area contributed by atoms with E-state index in [1.807, 2.05) is 13.0 Å². The van der Waals surface area contributed by atoms with Crippen molar-refractivity contribution in [3.05, 3.63) is 57.1 Å². The molecule has 2 aromatic rings. The third-order valence-corrected chi connectivity index (χ3v) is 3.74. The van der Waals surface area contributed by atoms with Crippen LogP contribution in [0.4, 0.5) is 5.69 Å².